The van der Waals surface area contributed by atoms with Gasteiger partial charge in [0.1, 0.15) is 18.9 Å². The van der Waals surface area contributed by atoms with E-state index >= 15 is 0 Å². The van der Waals surface area contributed by atoms with E-state index in [2.05, 4.69) is 10.5 Å². The number of thiophene rings is 1. The van der Waals surface area contributed by atoms with Crippen LogP contribution in [-0.4, -0.2) is 59.4 Å². The minimum absolute atomic E-state index is 0. The lowest BCUT2D eigenvalue weighted by atomic mass is 9.84. The highest BCUT2D eigenvalue weighted by molar-refractivity contribution is 7.10. The van der Waals surface area contributed by atoms with Gasteiger partial charge >= 0.3 is 5.97 Å². The van der Waals surface area contributed by atoms with Crippen molar-refractivity contribution in [3.05, 3.63) is 34.7 Å². The summed E-state index contributed by atoms with van der Waals surface area (Å²) in [6, 6.07) is 5.26. The first-order valence-electron chi connectivity index (χ1n) is 10.9. The van der Waals surface area contributed by atoms with Gasteiger partial charge in [0, 0.05) is 29.7 Å². The summed E-state index contributed by atoms with van der Waals surface area (Å²) >= 11 is 1.39. The number of nitrogens with zero attached hydrogens (tertiary/aromatic N) is 2. The maximum absolute atomic E-state index is 13.2. The van der Waals surface area contributed by atoms with Crippen molar-refractivity contribution in [3.63, 3.8) is 0 Å². The number of carbonyl (C=O) groups is 2. The normalized spacial score (nSPS) is 25.1. The van der Waals surface area contributed by atoms with Gasteiger partial charge in [0.05, 0.1) is 13.6 Å². The summed E-state index contributed by atoms with van der Waals surface area (Å²) in [6.45, 7) is 1.27. The molecule has 1 aliphatic heterocycles. The minimum Gasteiger partial charge on any atom is -1.00 e. The van der Waals surface area contributed by atoms with Crippen molar-refractivity contribution in [3.8, 4) is 0 Å². The molecule has 1 saturated carbocycles. The molecule has 1 amide bonds. The third kappa shape index (κ3) is 5.08. The van der Waals surface area contributed by atoms with Gasteiger partial charge in [-0.15, -0.1) is 11.3 Å². The van der Waals surface area contributed by atoms with Gasteiger partial charge in [0.25, 0.3) is 5.91 Å². The van der Waals surface area contributed by atoms with Crippen LogP contribution in [0.25, 0.3) is 0 Å². The monoisotopic (exact) mass is 527 g/mol. The van der Waals surface area contributed by atoms with Crippen molar-refractivity contribution in [1.29, 1.82) is 0 Å². The summed E-state index contributed by atoms with van der Waals surface area (Å²) in [5.74, 6) is -0.448. The predicted octanol–water partition coefficient (Wildman–Crippen LogP) is -0.0912. The Bertz CT molecular complexity index is 888. The van der Waals surface area contributed by atoms with Gasteiger partial charge in [-0.1, -0.05) is 24.1 Å². The maximum atomic E-state index is 13.2. The quantitative estimate of drug-likeness (QED) is 0.367. The van der Waals surface area contributed by atoms with E-state index in [1.54, 1.807) is 6.07 Å². The molecule has 10 heteroatoms. The fourth-order valence-electron chi connectivity index (χ4n) is 5.03. The minimum atomic E-state index is -1.59. The number of anilines is 1. The number of aromatic nitrogens is 1. The van der Waals surface area contributed by atoms with E-state index in [1.807, 2.05) is 24.6 Å². The second-order valence-corrected chi connectivity index (χ2v) is 9.86. The van der Waals surface area contributed by atoms with Gasteiger partial charge < -0.3 is 41.1 Å². The molecule has 0 bridgehead atoms. The lowest BCUT2D eigenvalue weighted by Gasteiger charge is -2.36. The zero-order valence-corrected chi connectivity index (χ0v) is 20.6. The summed E-state index contributed by atoms with van der Waals surface area (Å²) < 4.78 is 11.0. The first-order valence-corrected chi connectivity index (χ1v) is 11.8. The summed E-state index contributed by atoms with van der Waals surface area (Å²) in [5, 5.41) is 19.8. The van der Waals surface area contributed by atoms with Crippen LogP contribution in [0.4, 0.5) is 5.82 Å². The van der Waals surface area contributed by atoms with Crippen LogP contribution in [-0.2, 0) is 19.9 Å². The van der Waals surface area contributed by atoms with Crippen molar-refractivity contribution < 1.29 is 45.4 Å². The summed E-state index contributed by atoms with van der Waals surface area (Å²) in [4.78, 5) is 26.3. The van der Waals surface area contributed by atoms with Crippen LogP contribution in [0.3, 0.4) is 0 Å². The molecule has 8 nitrogen and oxygen atoms in total. The molecule has 1 aliphatic carbocycles. The Morgan fingerprint density at radius 3 is 2.75 bits per heavy atom. The van der Waals surface area contributed by atoms with Crippen molar-refractivity contribution >= 4 is 29.0 Å². The van der Waals surface area contributed by atoms with E-state index in [0.717, 1.165) is 45.1 Å². The number of carbonyl (C=O) groups excluding carboxylic acids is 2. The maximum Gasteiger partial charge on any atom is 0.344 e. The molecule has 4 rings (SSSR count). The molecule has 3 unspecified atom stereocenters. The van der Waals surface area contributed by atoms with Gasteiger partial charge in [0.2, 0.25) is 0 Å². The first kappa shape index (κ1) is 24.9. The largest absolute Gasteiger partial charge is 1.00 e. The fraction of sp³-hybridized carbons (Fsp3) is 0.591. The average Bonchev–Trinajstić information content (AvgIpc) is 3.54. The van der Waals surface area contributed by atoms with E-state index in [9.17, 15) is 14.7 Å². The van der Waals surface area contributed by atoms with Crippen molar-refractivity contribution in [2.75, 3.05) is 32.1 Å². The number of halogens is 1. The van der Waals surface area contributed by atoms with Crippen LogP contribution < -0.4 is 22.3 Å². The lowest BCUT2D eigenvalue weighted by molar-refractivity contribution is -0.913. The molecule has 1 saturated heterocycles. The third-order valence-electron chi connectivity index (χ3n) is 6.86. The molecule has 0 radical (unpaired) electrons. The highest BCUT2D eigenvalue weighted by atomic mass is 79.9. The molecule has 3 heterocycles. The van der Waals surface area contributed by atoms with Crippen LogP contribution in [0.5, 0.6) is 0 Å². The molecule has 3 atom stereocenters. The number of quaternary nitrogens is 1. The molecular weight excluding hydrogens is 498 g/mol. The van der Waals surface area contributed by atoms with E-state index in [0.29, 0.717) is 15.2 Å². The number of ether oxygens (including phenoxy) is 1. The van der Waals surface area contributed by atoms with Crippen LogP contribution in [0.1, 0.15) is 43.4 Å². The Balaban J connectivity index is 0.00000289. The van der Waals surface area contributed by atoms with E-state index < -0.39 is 11.6 Å². The molecule has 0 aromatic carbocycles. The predicted molar refractivity (Wildman–Crippen MR) is 115 cm³/mol. The summed E-state index contributed by atoms with van der Waals surface area (Å²) in [7, 11) is 2.01. The Labute approximate surface area is 202 Å². The first-order chi connectivity index (χ1) is 14.9. The van der Waals surface area contributed by atoms with Crippen molar-refractivity contribution in [2.24, 2.45) is 5.92 Å². The second-order valence-electron chi connectivity index (χ2n) is 8.91. The van der Waals surface area contributed by atoms with Crippen LogP contribution in [0, 0.1) is 5.92 Å². The second kappa shape index (κ2) is 10.5. The van der Waals surface area contributed by atoms with Crippen LogP contribution >= 0.6 is 11.3 Å². The third-order valence-corrected chi connectivity index (χ3v) is 7.85. The van der Waals surface area contributed by atoms with E-state index in [-0.39, 0.29) is 48.0 Å². The molecular formula is C22H30BrN3O5S. The number of amides is 1. The lowest BCUT2D eigenvalue weighted by Crippen LogP contribution is -3.00. The van der Waals surface area contributed by atoms with Crippen molar-refractivity contribution in [1.82, 2.24) is 5.16 Å². The summed E-state index contributed by atoms with van der Waals surface area (Å²) in [5.41, 5.74) is -1.59. The van der Waals surface area contributed by atoms with E-state index in [4.69, 9.17) is 9.26 Å². The number of rotatable bonds is 8. The van der Waals surface area contributed by atoms with Gasteiger partial charge in [-0.2, -0.15) is 0 Å². The van der Waals surface area contributed by atoms with Gasteiger partial charge in [-0.3, -0.25) is 4.79 Å². The number of likely N-dealkylation sites (tertiary alicyclic amines) is 1. The zero-order valence-electron chi connectivity index (χ0n) is 18.2. The number of nitrogens with one attached hydrogen (secondary N) is 1. The Hall–Kier alpha value is -1.75. The number of hydrogen-bond acceptors (Lipinski definition) is 7. The Morgan fingerprint density at radius 2 is 2.09 bits per heavy atom. The number of likely N-dealkylation sites (N-methyl/N-ethyl adjacent to an activating group) is 1. The SMILES string of the molecule is C[N+]1(CC(=O)Nc2ccon2)CCCC1COC(=O)C(O)(c1cccs1)C1CCCC1.[Br-]. The summed E-state index contributed by atoms with van der Waals surface area (Å²) in [6.07, 6.45) is 6.90. The Kier molecular flexibility index (Phi) is 8.13. The van der Waals surface area contributed by atoms with Gasteiger partial charge in [0.15, 0.2) is 18.0 Å². The van der Waals surface area contributed by atoms with Gasteiger partial charge in [-0.25, -0.2) is 4.79 Å². The molecule has 2 fully saturated rings. The van der Waals surface area contributed by atoms with Crippen LogP contribution in [0.2, 0.25) is 0 Å². The fourth-order valence-corrected chi connectivity index (χ4v) is 5.92. The zero-order chi connectivity index (χ0) is 21.9. The van der Waals surface area contributed by atoms with Crippen molar-refractivity contribution in [2.45, 2.75) is 50.2 Å². The molecule has 0 spiro atoms. The highest BCUT2D eigenvalue weighted by Crippen LogP contribution is 2.43. The highest BCUT2D eigenvalue weighted by Gasteiger charge is 2.49. The molecule has 2 aromatic rings. The van der Waals surface area contributed by atoms with E-state index in [1.165, 1.54) is 17.6 Å². The molecule has 32 heavy (non-hydrogen) atoms. The standard InChI is InChI=1S/C22H29N3O5S.BrH/c1-25(14-20(26)23-19-10-12-30-24-19)11-4-8-17(25)15-29-21(27)22(28,16-6-2-3-7-16)18-9-5-13-31-18;/h5,9-10,12-13,16-17,28H,2-4,6-8,11,14-15H2,1H3;1H. The molecule has 2 N–H and O–H groups in total. The molecule has 2 aromatic heterocycles. The number of hydrogen-bond donors (Lipinski definition) is 2. The number of esters is 1. The Morgan fingerprint density at radius 1 is 1.31 bits per heavy atom. The average molecular weight is 528 g/mol. The molecule has 176 valence electrons. The smallest absolute Gasteiger partial charge is 0.344 e. The topological polar surface area (TPSA) is 102 Å². The van der Waals surface area contributed by atoms with Gasteiger partial charge in [-0.05, 0) is 24.3 Å². The van der Waals surface area contributed by atoms with Crippen LogP contribution in [0.15, 0.2) is 34.4 Å². The number of aliphatic hydroxyl groups is 1. The molecule has 2 aliphatic rings.